The van der Waals surface area contributed by atoms with E-state index in [-0.39, 0.29) is 10.8 Å². The summed E-state index contributed by atoms with van der Waals surface area (Å²) in [5.41, 5.74) is 5.61. The zero-order chi connectivity index (χ0) is 25.7. The summed E-state index contributed by atoms with van der Waals surface area (Å²) in [6.07, 6.45) is 1.61. The van der Waals surface area contributed by atoms with Crippen molar-refractivity contribution in [2.45, 2.75) is 11.3 Å². The molecule has 1 saturated heterocycles. The lowest BCUT2D eigenvalue weighted by Gasteiger charge is -2.34. The van der Waals surface area contributed by atoms with Crippen molar-refractivity contribution in [2.75, 3.05) is 55.0 Å². The van der Waals surface area contributed by atoms with E-state index in [9.17, 15) is 13.2 Å². The smallest absolute Gasteiger partial charge is 0.247 e. The molecule has 0 saturated carbocycles. The topological polar surface area (TPSA) is 112 Å². The number of nitrogens with one attached hydrogen (secondary N) is 2. The van der Waals surface area contributed by atoms with E-state index in [4.69, 9.17) is 0 Å². The molecule has 0 bridgehead atoms. The third-order valence-electron chi connectivity index (χ3n) is 6.83. The fourth-order valence-corrected chi connectivity index (χ4v) is 5.47. The maximum Gasteiger partial charge on any atom is 0.247 e. The SMILES string of the molecule is CN1CCN(c2cc(Nc3nc4cccc(-c5ccc6c(c5)NC(=O)C6)n4n3)cc(S(C)(=O)=O)c2)CC1. The standard InChI is InChI=1S/C26H27N7O3S/c1-31-8-10-32(11-9-31)20-14-19(15-21(16-20)37(2,35)36)27-26-29-24-5-3-4-23(33(24)30-26)18-7-6-17-13-25(34)28-22(17)12-18/h3-7,12,14-16H,8-11,13H2,1-2H3,(H,27,30)(H,28,34). The summed E-state index contributed by atoms with van der Waals surface area (Å²) in [4.78, 5) is 21.1. The van der Waals surface area contributed by atoms with Crippen molar-refractivity contribution in [3.05, 3.63) is 60.2 Å². The molecule has 1 amide bonds. The lowest BCUT2D eigenvalue weighted by atomic mass is 10.1. The second kappa shape index (κ2) is 8.86. The maximum atomic E-state index is 12.5. The summed E-state index contributed by atoms with van der Waals surface area (Å²) in [5, 5.41) is 10.8. The molecule has 4 aromatic rings. The maximum absolute atomic E-state index is 12.5. The van der Waals surface area contributed by atoms with Crippen LogP contribution in [0.5, 0.6) is 0 Å². The first-order valence-electron chi connectivity index (χ1n) is 12.1. The van der Waals surface area contributed by atoms with Crippen LogP contribution in [0.2, 0.25) is 0 Å². The van der Waals surface area contributed by atoms with Crippen molar-refractivity contribution in [1.82, 2.24) is 19.5 Å². The molecule has 2 N–H and O–H groups in total. The number of carbonyl (C=O) groups is 1. The number of rotatable bonds is 5. The van der Waals surface area contributed by atoms with Crippen LogP contribution in [0.1, 0.15) is 5.56 Å². The van der Waals surface area contributed by atoms with Gasteiger partial charge in [-0.2, -0.15) is 4.98 Å². The van der Waals surface area contributed by atoms with Crippen LogP contribution in [0.25, 0.3) is 16.9 Å². The molecule has 190 valence electrons. The van der Waals surface area contributed by atoms with Crippen LogP contribution in [0, 0.1) is 0 Å². The number of hydrogen-bond acceptors (Lipinski definition) is 8. The van der Waals surface area contributed by atoms with Crippen LogP contribution < -0.4 is 15.5 Å². The van der Waals surface area contributed by atoms with E-state index in [1.54, 1.807) is 16.6 Å². The average molecular weight is 518 g/mol. The molecule has 0 aliphatic carbocycles. The number of fused-ring (bicyclic) bond motifs is 2. The minimum Gasteiger partial charge on any atom is -0.369 e. The van der Waals surface area contributed by atoms with Crippen molar-refractivity contribution in [1.29, 1.82) is 0 Å². The molecule has 2 aromatic heterocycles. The van der Waals surface area contributed by atoms with Gasteiger partial charge in [0.2, 0.25) is 11.9 Å². The Bertz CT molecular complexity index is 1640. The highest BCUT2D eigenvalue weighted by atomic mass is 32.2. The highest BCUT2D eigenvalue weighted by molar-refractivity contribution is 7.90. The Morgan fingerprint density at radius 1 is 1.00 bits per heavy atom. The molecule has 2 aromatic carbocycles. The van der Waals surface area contributed by atoms with Crippen molar-refractivity contribution in [3.63, 3.8) is 0 Å². The van der Waals surface area contributed by atoms with Crippen LogP contribution in [-0.2, 0) is 21.1 Å². The molecule has 10 nitrogen and oxygen atoms in total. The number of anilines is 4. The van der Waals surface area contributed by atoms with Crippen molar-refractivity contribution in [2.24, 2.45) is 0 Å². The van der Waals surface area contributed by atoms with E-state index >= 15 is 0 Å². The second-order valence-electron chi connectivity index (χ2n) is 9.62. The van der Waals surface area contributed by atoms with Gasteiger partial charge >= 0.3 is 0 Å². The number of benzene rings is 2. The number of amides is 1. The summed E-state index contributed by atoms with van der Waals surface area (Å²) >= 11 is 0. The molecule has 0 unspecified atom stereocenters. The van der Waals surface area contributed by atoms with E-state index in [2.05, 4.69) is 37.6 Å². The number of pyridine rings is 1. The van der Waals surface area contributed by atoms with Gasteiger partial charge in [0.15, 0.2) is 15.5 Å². The summed E-state index contributed by atoms with van der Waals surface area (Å²) in [5.74, 6) is 0.349. The minimum atomic E-state index is -3.42. The third-order valence-corrected chi connectivity index (χ3v) is 7.93. The van der Waals surface area contributed by atoms with Crippen LogP contribution in [0.4, 0.5) is 23.0 Å². The van der Waals surface area contributed by atoms with Crippen LogP contribution in [0.15, 0.2) is 59.5 Å². The molecular weight excluding hydrogens is 490 g/mol. The first-order chi connectivity index (χ1) is 17.7. The summed E-state index contributed by atoms with van der Waals surface area (Å²) in [7, 11) is -1.34. The van der Waals surface area contributed by atoms with Gasteiger partial charge in [-0.15, -0.1) is 5.10 Å². The fraction of sp³-hybridized carbons (Fsp3) is 0.269. The van der Waals surface area contributed by atoms with Crippen molar-refractivity contribution < 1.29 is 13.2 Å². The molecule has 1 fully saturated rings. The minimum absolute atomic E-state index is 0.00938. The Labute approximate surface area is 214 Å². The molecule has 4 heterocycles. The monoisotopic (exact) mass is 517 g/mol. The molecule has 2 aliphatic rings. The quantitative estimate of drug-likeness (QED) is 0.416. The Hall–Kier alpha value is -3.96. The van der Waals surface area contributed by atoms with Gasteiger partial charge in [0, 0.05) is 55.1 Å². The normalized spacial score (nSPS) is 16.2. The first kappa shape index (κ1) is 23.4. The predicted octanol–water partition coefficient (Wildman–Crippen LogP) is 2.79. The van der Waals surface area contributed by atoms with Gasteiger partial charge in [0.1, 0.15) is 0 Å². The Balaban J connectivity index is 1.35. The lowest BCUT2D eigenvalue weighted by molar-refractivity contribution is -0.115. The number of piperazine rings is 1. The van der Waals surface area contributed by atoms with Crippen LogP contribution in [0.3, 0.4) is 0 Å². The Kier molecular flexibility index (Phi) is 5.61. The van der Waals surface area contributed by atoms with Crippen LogP contribution in [-0.4, -0.2) is 73.3 Å². The van der Waals surface area contributed by atoms with Gasteiger partial charge in [0.05, 0.1) is 17.0 Å². The van der Waals surface area contributed by atoms with E-state index < -0.39 is 9.84 Å². The van der Waals surface area contributed by atoms with Crippen LogP contribution >= 0.6 is 0 Å². The zero-order valence-electron chi connectivity index (χ0n) is 20.6. The molecule has 0 atom stereocenters. The molecule has 6 rings (SSSR count). The van der Waals surface area contributed by atoms with Gasteiger partial charge in [0.25, 0.3) is 0 Å². The van der Waals surface area contributed by atoms with Gasteiger partial charge in [-0.1, -0.05) is 18.2 Å². The molecule has 11 heteroatoms. The number of nitrogens with zero attached hydrogens (tertiary/aromatic N) is 5. The number of likely N-dealkylation sites (N-methyl/N-ethyl adjacent to an activating group) is 1. The average Bonchev–Trinajstić information content (AvgIpc) is 3.44. The third kappa shape index (κ3) is 4.63. The largest absolute Gasteiger partial charge is 0.369 e. The van der Waals surface area contributed by atoms with Crippen molar-refractivity contribution in [3.8, 4) is 11.3 Å². The van der Waals surface area contributed by atoms with E-state index in [1.807, 2.05) is 42.5 Å². The van der Waals surface area contributed by atoms with Gasteiger partial charge in [-0.05, 0) is 49.0 Å². The molecule has 0 spiro atoms. The first-order valence-corrected chi connectivity index (χ1v) is 14.0. The van der Waals surface area contributed by atoms with Gasteiger partial charge < -0.3 is 20.4 Å². The number of aromatic nitrogens is 3. The number of carbonyl (C=O) groups excluding carboxylic acids is 1. The van der Waals surface area contributed by atoms with E-state index in [0.29, 0.717) is 23.7 Å². The Morgan fingerprint density at radius 2 is 1.81 bits per heavy atom. The van der Waals surface area contributed by atoms with E-state index in [1.165, 1.54) is 6.26 Å². The number of hydrogen-bond donors (Lipinski definition) is 2. The fourth-order valence-electron chi connectivity index (χ4n) is 4.80. The molecule has 0 radical (unpaired) electrons. The van der Waals surface area contributed by atoms with Crippen molar-refractivity contribution >= 4 is 44.4 Å². The van der Waals surface area contributed by atoms with E-state index in [0.717, 1.165) is 54.4 Å². The second-order valence-corrected chi connectivity index (χ2v) is 11.6. The summed E-state index contributed by atoms with van der Waals surface area (Å²) < 4.78 is 26.6. The van der Waals surface area contributed by atoms with Gasteiger partial charge in [-0.25, -0.2) is 12.9 Å². The number of sulfone groups is 1. The Morgan fingerprint density at radius 3 is 2.59 bits per heavy atom. The predicted molar refractivity (Wildman–Crippen MR) is 143 cm³/mol. The molecule has 2 aliphatic heterocycles. The summed E-state index contributed by atoms with van der Waals surface area (Å²) in [6.45, 7) is 3.46. The highest BCUT2D eigenvalue weighted by Crippen LogP contribution is 2.31. The zero-order valence-corrected chi connectivity index (χ0v) is 21.4. The summed E-state index contributed by atoms with van der Waals surface area (Å²) in [6, 6.07) is 16.9. The highest BCUT2D eigenvalue weighted by Gasteiger charge is 2.20. The lowest BCUT2D eigenvalue weighted by Crippen LogP contribution is -2.44. The van der Waals surface area contributed by atoms with Gasteiger partial charge in [-0.3, -0.25) is 4.79 Å². The molecule has 37 heavy (non-hydrogen) atoms. The molecular formula is C26H27N7O3S.